The van der Waals surface area contributed by atoms with E-state index in [1.807, 2.05) is 0 Å². The van der Waals surface area contributed by atoms with Crippen LogP contribution in [0.2, 0.25) is 5.02 Å². The van der Waals surface area contributed by atoms with Crippen LogP contribution in [0.15, 0.2) is 24.3 Å². The van der Waals surface area contributed by atoms with Gasteiger partial charge in [-0.3, -0.25) is 9.59 Å². The van der Waals surface area contributed by atoms with E-state index in [-0.39, 0.29) is 19.0 Å². The fourth-order valence-electron chi connectivity index (χ4n) is 2.09. The number of halogens is 1. The number of hydrogen-bond donors (Lipinski definition) is 1. The molecule has 0 radical (unpaired) electrons. The van der Waals surface area contributed by atoms with E-state index in [0.29, 0.717) is 11.6 Å². The lowest BCUT2D eigenvalue weighted by Crippen LogP contribution is -2.50. The zero-order chi connectivity index (χ0) is 19.2. The molecule has 0 fully saturated rings. The molecule has 1 aromatic rings. The maximum atomic E-state index is 12.6. The summed E-state index contributed by atoms with van der Waals surface area (Å²) in [5, 5.41) is 3.24. The lowest BCUT2D eigenvalue weighted by atomic mass is 10.1. The second-order valence-electron chi connectivity index (χ2n) is 5.74. The summed E-state index contributed by atoms with van der Waals surface area (Å²) < 4.78 is 24.1. The summed E-state index contributed by atoms with van der Waals surface area (Å²) >= 11 is 5.87. The topological polar surface area (TPSA) is 86.8 Å². The number of sulfonamides is 1. The third-order valence-electron chi connectivity index (χ3n) is 3.71. The Morgan fingerprint density at radius 2 is 1.80 bits per heavy atom. The first kappa shape index (κ1) is 21.4. The Morgan fingerprint density at radius 1 is 1.24 bits per heavy atom. The Labute approximate surface area is 154 Å². The minimum Gasteiger partial charge on any atom is -0.355 e. The van der Waals surface area contributed by atoms with Crippen LogP contribution < -0.4 is 5.32 Å². The SMILES string of the molecule is CCNC(=O)[C@H](C)N(Cc1ccc(Cl)cc1)C(=O)CN(C)S(C)(=O)=O. The maximum Gasteiger partial charge on any atom is 0.242 e. The molecule has 0 aromatic heterocycles. The van der Waals surface area contributed by atoms with Crippen molar-refractivity contribution >= 4 is 33.4 Å². The maximum absolute atomic E-state index is 12.6. The van der Waals surface area contributed by atoms with Crippen LogP contribution in [-0.2, 0) is 26.2 Å². The molecule has 0 aliphatic rings. The largest absolute Gasteiger partial charge is 0.355 e. The van der Waals surface area contributed by atoms with Crippen molar-refractivity contribution in [3.05, 3.63) is 34.9 Å². The molecule has 1 rings (SSSR count). The summed E-state index contributed by atoms with van der Waals surface area (Å²) in [6.07, 6.45) is 1.02. The molecular weight excluding hydrogens is 366 g/mol. The van der Waals surface area contributed by atoms with Gasteiger partial charge in [0.1, 0.15) is 6.04 Å². The van der Waals surface area contributed by atoms with Crippen molar-refractivity contribution in [3.8, 4) is 0 Å². The number of rotatable bonds is 8. The van der Waals surface area contributed by atoms with Crippen molar-refractivity contribution in [1.82, 2.24) is 14.5 Å². The van der Waals surface area contributed by atoms with Gasteiger partial charge in [0.05, 0.1) is 12.8 Å². The predicted molar refractivity (Wildman–Crippen MR) is 97.6 cm³/mol. The van der Waals surface area contributed by atoms with Gasteiger partial charge >= 0.3 is 0 Å². The minimum absolute atomic E-state index is 0.173. The van der Waals surface area contributed by atoms with Gasteiger partial charge in [-0.25, -0.2) is 8.42 Å². The molecule has 25 heavy (non-hydrogen) atoms. The molecule has 0 aliphatic heterocycles. The van der Waals surface area contributed by atoms with E-state index in [0.717, 1.165) is 16.1 Å². The molecule has 0 aliphatic carbocycles. The standard InChI is InChI=1S/C16H24ClN3O4S/c1-5-18-16(22)12(2)20(10-13-6-8-14(17)9-7-13)15(21)11-19(3)25(4,23)24/h6-9,12H,5,10-11H2,1-4H3,(H,18,22)/t12-/m0/s1. The van der Waals surface area contributed by atoms with Crippen LogP contribution in [0.5, 0.6) is 0 Å². The highest BCUT2D eigenvalue weighted by Gasteiger charge is 2.28. The number of hydrogen-bond acceptors (Lipinski definition) is 4. The number of likely N-dealkylation sites (N-methyl/N-ethyl adjacent to an activating group) is 2. The number of amides is 2. The van der Waals surface area contributed by atoms with E-state index < -0.39 is 22.0 Å². The Morgan fingerprint density at radius 3 is 2.28 bits per heavy atom. The Hall–Kier alpha value is -1.64. The molecular formula is C16H24ClN3O4S. The molecule has 9 heteroatoms. The Bertz CT molecular complexity index is 707. The first-order chi connectivity index (χ1) is 11.6. The first-order valence-corrected chi connectivity index (χ1v) is 10.0. The van der Waals surface area contributed by atoms with Crippen molar-refractivity contribution in [2.24, 2.45) is 0 Å². The molecule has 1 atom stereocenters. The molecule has 0 bridgehead atoms. The van der Waals surface area contributed by atoms with Crippen LogP contribution in [0.3, 0.4) is 0 Å². The smallest absolute Gasteiger partial charge is 0.242 e. The third-order valence-corrected chi connectivity index (χ3v) is 5.22. The lowest BCUT2D eigenvalue weighted by molar-refractivity contribution is -0.140. The molecule has 2 amide bonds. The molecule has 0 unspecified atom stereocenters. The van der Waals surface area contributed by atoms with Crippen LogP contribution >= 0.6 is 11.6 Å². The van der Waals surface area contributed by atoms with Crippen LogP contribution in [0.4, 0.5) is 0 Å². The van der Waals surface area contributed by atoms with Gasteiger partial charge in [-0.1, -0.05) is 23.7 Å². The highest BCUT2D eigenvalue weighted by atomic mass is 35.5. The zero-order valence-corrected chi connectivity index (χ0v) is 16.4. The minimum atomic E-state index is -3.50. The van der Waals surface area contributed by atoms with Gasteiger partial charge in [0.25, 0.3) is 0 Å². The molecule has 0 saturated carbocycles. The van der Waals surface area contributed by atoms with Crippen molar-refractivity contribution < 1.29 is 18.0 Å². The summed E-state index contributed by atoms with van der Waals surface area (Å²) in [5.41, 5.74) is 0.788. The zero-order valence-electron chi connectivity index (χ0n) is 14.8. The Kier molecular flexibility index (Phi) is 7.85. The van der Waals surface area contributed by atoms with E-state index in [2.05, 4.69) is 5.32 Å². The van der Waals surface area contributed by atoms with Crippen LogP contribution in [0.1, 0.15) is 19.4 Å². The first-order valence-electron chi connectivity index (χ1n) is 7.79. The second kappa shape index (κ2) is 9.17. The van der Waals surface area contributed by atoms with Crippen molar-refractivity contribution in [1.29, 1.82) is 0 Å². The normalized spacial score (nSPS) is 12.7. The van der Waals surface area contributed by atoms with E-state index in [1.54, 1.807) is 38.1 Å². The quantitative estimate of drug-likeness (QED) is 0.720. The molecule has 1 N–H and O–H groups in total. The predicted octanol–water partition coefficient (Wildman–Crippen LogP) is 1.08. The molecule has 0 heterocycles. The van der Waals surface area contributed by atoms with Crippen molar-refractivity contribution in [2.75, 3.05) is 26.4 Å². The van der Waals surface area contributed by atoms with E-state index in [9.17, 15) is 18.0 Å². The van der Waals surface area contributed by atoms with E-state index in [1.165, 1.54) is 11.9 Å². The van der Waals surface area contributed by atoms with Crippen molar-refractivity contribution in [2.45, 2.75) is 26.4 Å². The molecule has 140 valence electrons. The van der Waals surface area contributed by atoms with E-state index in [4.69, 9.17) is 11.6 Å². The second-order valence-corrected chi connectivity index (χ2v) is 8.26. The van der Waals surface area contributed by atoms with Gasteiger partial charge in [-0.15, -0.1) is 0 Å². The summed E-state index contributed by atoms with van der Waals surface area (Å²) in [6.45, 7) is 3.67. The fraction of sp³-hybridized carbons (Fsp3) is 0.500. The number of benzene rings is 1. The van der Waals surface area contributed by atoms with Gasteiger partial charge in [-0.2, -0.15) is 4.31 Å². The number of nitrogens with zero attached hydrogens (tertiary/aromatic N) is 2. The lowest BCUT2D eigenvalue weighted by Gasteiger charge is -2.30. The van der Waals surface area contributed by atoms with Gasteiger partial charge in [0.15, 0.2) is 0 Å². The summed E-state index contributed by atoms with van der Waals surface area (Å²) in [4.78, 5) is 26.2. The average molecular weight is 390 g/mol. The van der Waals surface area contributed by atoms with Gasteiger partial charge < -0.3 is 10.2 Å². The average Bonchev–Trinajstić information content (AvgIpc) is 2.52. The number of carbonyl (C=O) groups is 2. The molecule has 7 nitrogen and oxygen atoms in total. The highest BCUT2D eigenvalue weighted by molar-refractivity contribution is 7.88. The van der Waals surface area contributed by atoms with E-state index >= 15 is 0 Å². The van der Waals surface area contributed by atoms with Gasteiger partial charge in [0.2, 0.25) is 21.8 Å². The third kappa shape index (κ3) is 6.64. The molecule has 0 saturated heterocycles. The van der Waals surface area contributed by atoms with Crippen molar-refractivity contribution in [3.63, 3.8) is 0 Å². The number of carbonyl (C=O) groups excluding carboxylic acids is 2. The summed E-state index contributed by atoms with van der Waals surface area (Å²) in [6, 6.07) is 6.16. The molecule has 1 aromatic carbocycles. The van der Waals surface area contributed by atoms with Crippen LogP contribution in [0, 0.1) is 0 Å². The number of nitrogens with one attached hydrogen (secondary N) is 1. The van der Waals surface area contributed by atoms with Crippen LogP contribution in [-0.4, -0.2) is 61.9 Å². The summed E-state index contributed by atoms with van der Waals surface area (Å²) in [7, 11) is -2.17. The fourth-order valence-corrected chi connectivity index (χ4v) is 2.56. The van der Waals surface area contributed by atoms with Crippen LogP contribution in [0.25, 0.3) is 0 Å². The summed E-state index contributed by atoms with van der Waals surface area (Å²) in [5.74, 6) is -0.756. The Balaban J connectivity index is 3.02. The monoisotopic (exact) mass is 389 g/mol. The highest BCUT2D eigenvalue weighted by Crippen LogP contribution is 2.14. The van der Waals surface area contributed by atoms with Gasteiger partial charge in [0, 0.05) is 25.2 Å². The molecule has 0 spiro atoms. The van der Waals surface area contributed by atoms with Gasteiger partial charge in [-0.05, 0) is 31.5 Å².